The van der Waals surface area contributed by atoms with Gasteiger partial charge in [0, 0.05) is 49.6 Å². The Bertz CT molecular complexity index is 1830. The van der Waals surface area contributed by atoms with Gasteiger partial charge >= 0.3 is 5.97 Å². The number of hydrogen-bond acceptors (Lipinski definition) is 8. The minimum atomic E-state index is -0.894. The van der Waals surface area contributed by atoms with Crippen LogP contribution in [0.4, 0.5) is 0 Å². The molecule has 0 bridgehead atoms. The molecular formula is C42H47ClN2O7. The van der Waals surface area contributed by atoms with E-state index in [-0.39, 0.29) is 37.2 Å². The summed E-state index contributed by atoms with van der Waals surface area (Å²) in [5.41, 5.74) is 5.59. The van der Waals surface area contributed by atoms with E-state index >= 15 is 0 Å². The van der Waals surface area contributed by atoms with Crippen LogP contribution in [0.25, 0.3) is 11.1 Å². The summed E-state index contributed by atoms with van der Waals surface area (Å²) in [7, 11) is 0. The molecule has 2 heterocycles. The van der Waals surface area contributed by atoms with E-state index in [4.69, 9.17) is 25.8 Å². The van der Waals surface area contributed by atoms with Crippen LogP contribution in [0.15, 0.2) is 97.1 Å². The standard InChI is InChI=1S/C42H47ClN2O7/c1-27-38(25-45-20-18-42(49,19-21-45)36-14-16-37(43)17-15-36)51-41(52-39(27)32-12-10-30(26-46)11-13-32)35-9-5-8-34(23-35)33-7-4-6-31(22-33)24-44-40(48)28(2)50-29(3)47/h4-17,22-23,27-28,38-39,41,46,49H,18-21,24-26H2,1-3H3,(H,44,48)/t27-,28-,38+,39+,41+/m0/s1. The van der Waals surface area contributed by atoms with E-state index in [1.807, 2.05) is 91.0 Å². The number of hydrogen-bond donors (Lipinski definition) is 3. The lowest BCUT2D eigenvalue weighted by Crippen LogP contribution is -2.49. The van der Waals surface area contributed by atoms with Gasteiger partial charge in [0.2, 0.25) is 0 Å². The lowest BCUT2D eigenvalue weighted by molar-refractivity contribution is -0.277. The maximum atomic E-state index is 12.4. The first-order valence-corrected chi connectivity index (χ1v) is 18.2. The molecule has 0 spiro atoms. The van der Waals surface area contributed by atoms with Gasteiger partial charge in [-0.1, -0.05) is 91.3 Å². The summed E-state index contributed by atoms with van der Waals surface area (Å²) in [6.45, 7) is 7.38. The Balaban J connectivity index is 1.19. The lowest BCUT2D eigenvalue weighted by Gasteiger charge is -2.45. The number of aliphatic hydroxyl groups is 2. The molecule has 2 fully saturated rings. The molecule has 4 aromatic carbocycles. The number of aliphatic hydroxyl groups excluding tert-OH is 1. The van der Waals surface area contributed by atoms with Crippen LogP contribution in [0.3, 0.4) is 0 Å². The number of nitrogens with one attached hydrogen (secondary N) is 1. The van der Waals surface area contributed by atoms with Crippen molar-refractivity contribution in [2.75, 3.05) is 19.6 Å². The molecule has 0 radical (unpaired) electrons. The van der Waals surface area contributed by atoms with Crippen molar-refractivity contribution in [2.24, 2.45) is 5.92 Å². The molecule has 2 saturated heterocycles. The number of nitrogens with zero attached hydrogens (tertiary/aromatic N) is 1. The highest BCUT2D eigenvalue weighted by molar-refractivity contribution is 6.30. The van der Waals surface area contributed by atoms with Gasteiger partial charge in [-0.15, -0.1) is 0 Å². The number of halogens is 1. The Morgan fingerprint density at radius 3 is 2.27 bits per heavy atom. The average Bonchev–Trinajstić information content (AvgIpc) is 3.15. The molecule has 0 unspecified atom stereocenters. The zero-order chi connectivity index (χ0) is 36.8. The lowest BCUT2D eigenvalue weighted by atomic mass is 9.84. The van der Waals surface area contributed by atoms with Gasteiger partial charge in [0.1, 0.15) is 0 Å². The molecule has 0 aliphatic carbocycles. The Hall–Kier alpha value is -4.09. The largest absolute Gasteiger partial charge is 0.453 e. The molecule has 9 nitrogen and oxygen atoms in total. The molecule has 10 heteroatoms. The van der Waals surface area contributed by atoms with E-state index < -0.39 is 24.0 Å². The molecule has 3 N–H and O–H groups in total. The third kappa shape index (κ3) is 9.09. The number of benzene rings is 4. The van der Waals surface area contributed by atoms with E-state index in [0.717, 1.165) is 52.0 Å². The number of esters is 1. The summed E-state index contributed by atoms with van der Waals surface area (Å²) < 4.78 is 18.5. The van der Waals surface area contributed by atoms with E-state index in [1.54, 1.807) is 6.92 Å². The van der Waals surface area contributed by atoms with Gasteiger partial charge in [0.25, 0.3) is 5.91 Å². The van der Waals surface area contributed by atoms with E-state index in [9.17, 15) is 19.8 Å². The number of rotatable bonds is 11. The molecule has 1 amide bonds. The average molecular weight is 727 g/mol. The number of carbonyl (C=O) groups is 2. The van der Waals surface area contributed by atoms with Crippen molar-refractivity contribution in [3.05, 3.63) is 130 Å². The third-order valence-electron chi connectivity index (χ3n) is 10.2. The third-order valence-corrected chi connectivity index (χ3v) is 10.5. The van der Waals surface area contributed by atoms with Crippen molar-refractivity contribution in [3.8, 4) is 11.1 Å². The van der Waals surface area contributed by atoms with E-state index in [1.165, 1.54) is 6.92 Å². The minimum Gasteiger partial charge on any atom is -0.453 e. The molecule has 4 aromatic rings. The molecule has 52 heavy (non-hydrogen) atoms. The highest BCUT2D eigenvalue weighted by Gasteiger charge is 2.41. The van der Waals surface area contributed by atoms with Gasteiger partial charge in [0.05, 0.1) is 24.4 Å². The molecule has 0 saturated carbocycles. The Labute approximate surface area is 310 Å². The highest BCUT2D eigenvalue weighted by Crippen LogP contribution is 2.43. The summed E-state index contributed by atoms with van der Waals surface area (Å²) in [6.07, 6.45) is -0.701. The van der Waals surface area contributed by atoms with Crippen LogP contribution in [-0.4, -0.2) is 58.8 Å². The monoisotopic (exact) mass is 726 g/mol. The number of amides is 1. The van der Waals surface area contributed by atoms with Crippen molar-refractivity contribution in [1.82, 2.24) is 10.2 Å². The Morgan fingerprint density at radius 1 is 0.923 bits per heavy atom. The number of likely N-dealkylation sites (tertiary alicyclic amines) is 1. The Kier molecular flexibility index (Phi) is 12.1. The molecule has 2 aliphatic rings. The molecule has 0 aromatic heterocycles. The number of carbonyl (C=O) groups excluding carboxylic acids is 2. The number of ether oxygens (including phenoxy) is 3. The zero-order valence-corrected chi connectivity index (χ0v) is 30.6. The minimum absolute atomic E-state index is 0.0203. The van der Waals surface area contributed by atoms with Gasteiger partial charge in [-0.25, -0.2) is 0 Å². The summed E-state index contributed by atoms with van der Waals surface area (Å²) in [5.74, 6) is -0.844. The fraction of sp³-hybridized carbons (Fsp3) is 0.381. The van der Waals surface area contributed by atoms with Crippen molar-refractivity contribution in [2.45, 2.75) is 77.0 Å². The van der Waals surface area contributed by atoms with Crippen LogP contribution in [0.2, 0.25) is 5.02 Å². The van der Waals surface area contributed by atoms with Crippen LogP contribution in [0.5, 0.6) is 0 Å². The van der Waals surface area contributed by atoms with Gasteiger partial charge in [-0.3, -0.25) is 9.59 Å². The van der Waals surface area contributed by atoms with Gasteiger partial charge < -0.3 is 34.6 Å². The number of piperidine rings is 1. The predicted octanol–water partition coefficient (Wildman–Crippen LogP) is 6.84. The molecular weight excluding hydrogens is 680 g/mol. The predicted molar refractivity (Wildman–Crippen MR) is 199 cm³/mol. The smallest absolute Gasteiger partial charge is 0.303 e. The molecule has 2 aliphatic heterocycles. The van der Waals surface area contributed by atoms with Crippen molar-refractivity contribution < 1.29 is 34.0 Å². The van der Waals surface area contributed by atoms with Crippen molar-refractivity contribution in [3.63, 3.8) is 0 Å². The van der Waals surface area contributed by atoms with Crippen LogP contribution in [-0.2, 0) is 42.6 Å². The van der Waals surface area contributed by atoms with Crippen LogP contribution >= 0.6 is 11.6 Å². The first-order chi connectivity index (χ1) is 25.0. The zero-order valence-electron chi connectivity index (χ0n) is 29.8. The van der Waals surface area contributed by atoms with Crippen LogP contribution in [0.1, 0.15) is 73.8 Å². The fourth-order valence-electron chi connectivity index (χ4n) is 7.10. The van der Waals surface area contributed by atoms with Gasteiger partial charge in [-0.2, -0.15) is 0 Å². The first kappa shape index (κ1) is 37.7. The SMILES string of the molecule is CC(=O)O[C@@H](C)C(=O)NCc1cccc(-c2cccc([C@@H]3O[C@H](CN4CCC(O)(c5ccc(Cl)cc5)CC4)[C@H](C)[C@H](c4ccc(CO)cc4)O3)c2)c1. The Morgan fingerprint density at radius 2 is 1.60 bits per heavy atom. The van der Waals surface area contributed by atoms with Crippen LogP contribution < -0.4 is 5.32 Å². The maximum Gasteiger partial charge on any atom is 0.303 e. The summed E-state index contributed by atoms with van der Waals surface area (Å²) >= 11 is 6.11. The second kappa shape index (κ2) is 16.7. The van der Waals surface area contributed by atoms with Gasteiger partial charge in [0.15, 0.2) is 12.4 Å². The summed E-state index contributed by atoms with van der Waals surface area (Å²) in [5, 5.41) is 24.6. The second-order valence-corrected chi connectivity index (χ2v) is 14.4. The van der Waals surface area contributed by atoms with Crippen molar-refractivity contribution in [1.29, 1.82) is 0 Å². The quantitative estimate of drug-likeness (QED) is 0.144. The summed E-state index contributed by atoms with van der Waals surface area (Å²) in [4.78, 5) is 26.0. The topological polar surface area (TPSA) is 118 Å². The maximum absolute atomic E-state index is 12.4. The molecule has 5 atom stereocenters. The molecule has 274 valence electrons. The van der Waals surface area contributed by atoms with Crippen molar-refractivity contribution >= 4 is 23.5 Å². The van der Waals surface area contributed by atoms with Crippen LogP contribution in [0, 0.1) is 5.92 Å². The normalized spacial score (nSPS) is 22.3. The van der Waals surface area contributed by atoms with E-state index in [2.05, 4.69) is 23.2 Å². The van der Waals surface area contributed by atoms with Gasteiger partial charge in [-0.05, 0) is 77.4 Å². The fourth-order valence-corrected chi connectivity index (χ4v) is 7.22. The molecule has 6 rings (SSSR count). The summed E-state index contributed by atoms with van der Waals surface area (Å²) in [6, 6.07) is 31.4. The second-order valence-electron chi connectivity index (χ2n) is 14.0. The highest BCUT2D eigenvalue weighted by atomic mass is 35.5. The first-order valence-electron chi connectivity index (χ1n) is 17.9. The van der Waals surface area contributed by atoms with E-state index in [0.29, 0.717) is 24.4 Å².